The zero-order valence-corrected chi connectivity index (χ0v) is 19.3. The Labute approximate surface area is 191 Å². The quantitative estimate of drug-likeness (QED) is 0.452. The number of ether oxygens (including phenoxy) is 1. The van der Waals surface area contributed by atoms with Crippen molar-refractivity contribution in [3.63, 3.8) is 0 Å². The molecule has 0 aliphatic carbocycles. The lowest BCUT2D eigenvalue weighted by atomic mass is 10.3. The SMILES string of the molecule is CCOc1cccc(NC(=O)CN(c2cccc(F)c2)S(=O)(=O)c2ccc(SC)cc2)c1. The first-order valence-electron chi connectivity index (χ1n) is 9.78. The van der Waals surface area contributed by atoms with E-state index in [1.54, 1.807) is 36.4 Å². The van der Waals surface area contributed by atoms with Gasteiger partial charge in [-0.15, -0.1) is 11.8 Å². The van der Waals surface area contributed by atoms with Crippen LogP contribution in [0.15, 0.2) is 82.6 Å². The Morgan fingerprint density at radius 2 is 1.78 bits per heavy atom. The van der Waals surface area contributed by atoms with Crippen molar-refractivity contribution in [2.24, 2.45) is 0 Å². The van der Waals surface area contributed by atoms with Gasteiger partial charge in [0.1, 0.15) is 18.1 Å². The van der Waals surface area contributed by atoms with E-state index in [-0.39, 0.29) is 10.6 Å². The minimum Gasteiger partial charge on any atom is -0.494 e. The molecule has 0 aliphatic rings. The van der Waals surface area contributed by atoms with E-state index in [4.69, 9.17) is 4.74 Å². The number of hydrogen-bond acceptors (Lipinski definition) is 5. The molecular weight excluding hydrogens is 451 g/mol. The predicted octanol–water partition coefficient (Wildman–Crippen LogP) is 4.78. The highest BCUT2D eigenvalue weighted by Gasteiger charge is 2.27. The van der Waals surface area contributed by atoms with E-state index >= 15 is 0 Å². The highest BCUT2D eigenvalue weighted by Crippen LogP contribution is 2.26. The Kier molecular flexibility index (Phi) is 7.76. The summed E-state index contributed by atoms with van der Waals surface area (Å²) >= 11 is 1.48. The molecule has 0 unspecified atom stereocenters. The average molecular weight is 475 g/mol. The third-order valence-corrected chi connectivity index (χ3v) is 6.99. The van der Waals surface area contributed by atoms with Gasteiger partial charge < -0.3 is 10.1 Å². The fourth-order valence-electron chi connectivity index (χ4n) is 2.98. The van der Waals surface area contributed by atoms with Crippen molar-refractivity contribution in [1.82, 2.24) is 0 Å². The molecule has 6 nitrogen and oxygen atoms in total. The highest BCUT2D eigenvalue weighted by atomic mass is 32.2. The van der Waals surface area contributed by atoms with Gasteiger partial charge in [0, 0.05) is 16.6 Å². The number of rotatable bonds is 9. The fraction of sp³-hybridized carbons (Fsp3) is 0.174. The van der Waals surface area contributed by atoms with Crippen molar-refractivity contribution in [1.29, 1.82) is 0 Å². The lowest BCUT2D eigenvalue weighted by molar-refractivity contribution is -0.114. The highest BCUT2D eigenvalue weighted by molar-refractivity contribution is 7.98. The number of thioether (sulfide) groups is 1. The maximum atomic E-state index is 13.9. The van der Waals surface area contributed by atoms with Crippen LogP contribution in [0.2, 0.25) is 0 Å². The average Bonchev–Trinajstić information content (AvgIpc) is 2.78. The number of carbonyl (C=O) groups is 1. The number of carbonyl (C=O) groups excluding carboxylic acids is 1. The van der Waals surface area contributed by atoms with Crippen LogP contribution < -0.4 is 14.4 Å². The van der Waals surface area contributed by atoms with Crippen LogP contribution in [0.4, 0.5) is 15.8 Å². The second-order valence-electron chi connectivity index (χ2n) is 6.68. The van der Waals surface area contributed by atoms with Crippen LogP contribution in [0.3, 0.4) is 0 Å². The largest absolute Gasteiger partial charge is 0.494 e. The maximum absolute atomic E-state index is 13.9. The molecular formula is C23H23FN2O4S2. The Morgan fingerprint density at radius 3 is 2.44 bits per heavy atom. The fourth-order valence-corrected chi connectivity index (χ4v) is 4.80. The topological polar surface area (TPSA) is 75.7 Å². The van der Waals surface area contributed by atoms with E-state index in [9.17, 15) is 17.6 Å². The molecule has 32 heavy (non-hydrogen) atoms. The number of sulfonamides is 1. The van der Waals surface area contributed by atoms with E-state index in [0.29, 0.717) is 18.0 Å². The number of hydrogen-bond donors (Lipinski definition) is 1. The summed E-state index contributed by atoms with van der Waals surface area (Å²) in [7, 11) is -4.13. The molecule has 1 amide bonds. The van der Waals surface area contributed by atoms with E-state index < -0.39 is 28.3 Å². The number of nitrogens with zero attached hydrogens (tertiary/aromatic N) is 1. The van der Waals surface area contributed by atoms with Gasteiger partial charge in [0.2, 0.25) is 5.91 Å². The lowest BCUT2D eigenvalue weighted by Crippen LogP contribution is -2.38. The molecule has 0 atom stereocenters. The first-order chi connectivity index (χ1) is 15.3. The predicted molar refractivity (Wildman–Crippen MR) is 125 cm³/mol. The van der Waals surface area contributed by atoms with Crippen LogP contribution in [0.25, 0.3) is 0 Å². The van der Waals surface area contributed by atoms with Crippen LogP contribution in [-0.2, 0) is 14.8 Å². The molecule has 1 N–H and O–H groups in total. The Morgan fingerprint density at radius 1 is 1.06 bits per heavy atom. The maximum Gasteiger partial charge on any atom is 0.264 e. The van der Waals surface area contributed by atoms with Crippen molar-refractivity contribution in [3.8, 4) is 5.75 Å². The molecule has 0 spiro atoms. The lowest BCUT2D eigenvalue weighted by Gasteiger charge is -2.24. The van der Waals surface area contributed by atoms with E-state index in [1.807, 2.05) is 13.2 Å². The van der Waals surface area contributed by atoms with Gasteiger partial charge in [0.05, 0.1) is 17.2 Å². The number of nitrogens with one attached hydrogen (secondary N) is 1. The van der Waals surface area contributed by atoms with E-state index in [1.165, 1.54) is 42.1 Å². The van der Waals surface area contributed by atoms with Crippen molar-refractivity contribution < 1.29 is 22.3 Å². The summed E-state index contributed by atoms with van der Waals surface area (Å²) < 4.78 is 46.9. The molecule has 3 rings (SSSR count). The van der Waals surface area contributed by atoms with E-state index in [2.05, 4.69) is 5.32 Å². The first kappa shape index (κ1) is 23.6. The van der Waals surface area contributed by atoms with Crippen molar-refractivity contribution in [2.45, 2.75) is 16.7 Å². The molecule has 0 saturated carbocycles. The second-order valence-corrected chi connectivity index (χ2v) is 9.42. The number of halogens is 1. The minimum absolute atomic E-state index is 0.00528. The first-order valence-corrected chi connectivity index (χ1v) is 12.4. The molecule has 0 bridgehead atoms. The van der Waals surface area contributed by atoms with Crippen molar-refractivity contribution in [2.75, 3.05) is 29.0 Å². The summed E-state index contributed by atoms with van der Waals surface area (Å²) in [5.41, 5.74) is 0.513. The molecule has 0 aromatic heterocycles. The Bertz CT molecular complexity index is 1180. The van der Waals surface area contributed by atoms with Crippen molar-refractivity contribution >= 4 is 39.1 Å². The van der Waals surface area contributed by atoms with Crippen molar-refractivity contribution in [3.05, 3.63) is 78.6 Å². The monoisotopic (exact) mass is 474 g/mol. The zero-order valence-electron chi connectivity index (χ0n) is 17.6. The summed E-state index contributed by atoms with van der Waals surface area (Å²) in [6.45, 7) is 1.78. The summed E-state index contributed by atoms with van der Waals surface area (Å²) in [6.07, 6.45) is 1.88. The van der Waals surface area contributed by atoms with Gasteiger partial charge in [-0.05, 0) is 67.8 Å². The Balaban J connectivity index is 1.91. The standard InChI is InChI=1S/C23H23FN2O4S2/c1-3-30-20-9-5-7-18(15-20)25-23(27)16-26(19-8-4-6-17(24)14-19)32(28,29)22-12-10-21(31-2)11-13-22/h4-15H,3,16H2,1-2H3,(H,25,27). The number of amides is 1. The van der Waals surface area contributed by atoms with Crippen LogP contribution >= 0.6 is 11.8 Å². The third kappa shape index (κ3) is 5.80. The zero-order chi connectivity index (χ0) is 23.1. The van der Waals surface area contributed by atoms with Gasteiger partial charge in [-0.25, -0.2) is 12.8 Å². The second kappa shape index (κ2) is 10.5. The molecule has 0 heterocycles. The number of anilines is 2. The summed E-state index contributed by atoms with van der Waals surface area (Å²) in [6, 6.07) is 18.2. The van der Waals surface area contributed by atoms with E-state index in [0.717, 1.165) is 15.3 Å². The van der Waals surface area contributed by atoms with Crippen LogP contribution in [0.5, 0.6) is 5.75 Å². The normalized spacial score (nSPS) is 11.1. The smallest absolute Gasteiger partial charge is 0.264 e. The molecule has 9 heteroatoms. The molecule has 0 aliphatic heterocycles. The molecule has 0 radical (unpaired) electrons. The van der Waals surface area contributed by atoms with Gasteiger partial charge in [-0.2, -0.15) is 0 Å². The molecule has 168 valence electrons. The van der Waals surface area contributed by atoms with Gasteiger partial charge >= 0.3 is 0 Å². The molecule has 0 saturated heterocycles. The molecule has 3 aromatic carbocycles. The molecule has 0 fully saturated rings. The van der Waals surface area contributed by atoms with Gasteiger partial charge in [-0.3, -0.25) is 9.10 Å². The van der Waals surface area contributed by atoms with Crippen LogP contribution in [0.1, 0.15) is 6.92 Å². The van der Waals surface area contributed by atoms with Gasteiger partial charge in [0.25, 0.3) is 10.0 Å². The minimum atomic E-state index is -4.13. The summed E-state index contributed by atoms with van der Waals surface area (Å²) in [5.74, 6) is -0.605. The summed E-state index contributed by atoms with van der Waals surface area (Å²) in [4.78, 5) is 13.7. The van der Waals surface area contributed by atoms with Gasteiger partial charge in [-0.1, -0.05) is 12.1 Å². The summed E-state index contributed by atoms with van der Waals surface area (Å²) in [5, 5.41) is 2.68. The third-order valence-electron chi connectivity index (χ3n) is 4.46. The van der Waals surface area contributed by atoms with Gasteiger partial charge in [0.15, 0.2) is 0 Å². The van der Waals surface area contributed by atoms with Crippen LogP contribution in [0, 0.1) is 5.82 Å². The number of benzene rings is 3. The Hall–Kier alpha value is -3.04. The van der Waals surface area contributed by atoms with Crippen LogP contribution in [-0.4, -0.2) is 33.7 Å². The molecule has 3 aromatic rings.